The molecule has 1 aliphatic heterocycles. The van der Waals surface area contributed by atoms with Crippen molar-refractivity contribution in [3.05, 3.63) is 0 Å². The van der Waals surface area contributed by atoms with Gasteiger partial charge < -0.3 is 15.4 Å². The number of rotatable bonds is 5. The van der Waals surface area contributed by atoms with Crippen LogP contribution in [0, 0.1) is 5.92 Å². The van der Waals surface area contributed by atoms with Gasteiger partial charge in [-0.15, -0.1) is 0 Å². The Bertz CT molecular complexity index is 249. The van der Waals surface area contributed by atoms with Gasteiger partial charge in [-0.05, 0) is 18.8 Å². The van der Waals surface area contributed by atoms with Gasteiger partial charge in [-0.3, -0.25) is 4.90 Å². The van der Waals surface area contributed by atoms with Crippen molar-refractivity contribution in [3.63, 3.8) is 0 Å². The Kier molecular flexibility index (Phi) is 5.74. The summed E-state index contributed by atoms with van der Waals surface area (Å²) in [4.78, 5) is 13.9. The fourth-order valence-corrected chi connectivity index (χ4v) is 2.67. The fourth-order valence-electron chi connectivity index (χ4n) is 2.67. The molecule has 0 atom stereocenters. The summed E-state index contributed by atoms with van der Waals surface area (Å²) in [6.07, 6.45) is 5.19. The molecule has 2 aliphatic rings. The van der Waals surface area contributed by atoms with Crippen LogP contribution in [-0.2, 0) is 4.74 Å². The number of morpholine rings is 1. The quantitative estimate of drug-likeness (QED) is 0.764. The van der Waals surface area contributed by atoms with Gasteiger partial charge in [0.15, 0.2) is 0 Å². The maximum absolute atomic E-state index is 11.6. The predicted octanol–water partition coefficient (Wildman–Crippen LogP) is 0.808. The normalized spacial score (nSPS) is 22.0. The summed E-state index contributed by atoms with van der Waals surface area (Å²) < 4.78 is 5.28. The zero-order valence-corrected chi connectivity index (χ0v) is 11.1. The Morgan fingerprint density at radius 1 is 1.17 bits per heavy atom. The lowest BCUT2D eigenvalue weighted by atomic mass is 10.1. The molecular formula is C13H25N3O2. The van der Waals surface area contributed by atoms with E-state index in [2.05, 4.69) is 15.5 Å². The van der Waals surface area contributed by atoms with Crippen LogP contribution in [0.2, 0.25) is 0 Å². The van der Waals surface area contributed by atoms with Crippen molar-refractivity contribution in [2.45, 2.75) is 25.7 Å². The molecule has 5 nitrogen and oxygen atoms in total. The van der Waals surface area contributed by atoms with E-state index in [1.54, 1.807) is 0 Å². The minimum absolute atomic E-state index is 0.0184. The summed E-state index contributed by atoms with van der Waals surface area (Å²) >= 11 is 0. The van der Waals surface area contributed by atoms with Crippen molar-refractivity contribution in [1.29, 1.82) is 0 Å². The van der Waals surface area contributed by atoms with Gasteiger partial charge in [-0.1, -0.05) is 12.8 Å². The van der Waals surface area contributed by atoms with E-state index >= 15 is 0 Å². The Morgan fingerprint density at radius 2 is 1.89 bits per heavy atom. The highest BCUT2D eigenvalue weighted by molar-refractivity contribution is 5.73. The summed E-state index contributed by atoms with van der Waals surface area (Å²) in [6.45, 7) is 6.05. The van der Waals surface area contributed by atoms with E-state index in [4.69, 9.17) is 4.74 Å². The third-order valence-corrected chi connectivity index (χ3v) is 3.84. The lowest BCUT2D eigenvalue weighted by molar-refractivity contribution is 0.0387. The van der Waals surface area contributed by atoms with Crippen LogP contribution in [0.3, 0.4) is 0 Å². The maximum Gasteiger partial charge on any atom is 0.314 e. The number of carbonyl (C=O) groups excluding carboxylic acids is 1. The van der Waals surface area contributed by atoms with E-state index in [1.165, 1.54) is 25.7 Å². The highest BCUT2D eigenvalue weighted by Crippen LogP contribution is 2.23. The molecule has 104 valence electrons. The monoisotopic (exact) mass is 255 g/mol. The topological polar surface area (TPSA) is 53.6 Å². The molecule has 1 aliphatic carbocycles. The molecule has 5 heteroatoms. The molecule has 0 aromatic rings. The summed E-state index contributed by atoms with van der Waals surface area (Å²) in [6, 6.07) is -0.0184. The van der Waals surface area contributed by atoms with E-state index in [0.717, 1.165) is 45.9 Å². The minimum atomic E-state index is -0.0184. The molecule has 0 bridgehead atoms. The van der Waals surface area contributed by atoms with Crippen LogP contribution in [-0.4, -0.2) is 56.9 Å². The summed E-state index contributed by atoms with van der Waals surface area (Å²) in [5, 5.41) is 5.89. The number of hydrogen-bond acceptors (Lipinski definition) is 3. The average Bonchev–Trinajstić information content (AvgIpc) is 2.91. The standard InChI is InChI=1S/C13H25N3O2/c17-13(15-11-12-3-1-2-4-12)14-5-6-16-7-9-18-10-8-16/h12H,1-11H2,(H2,14,15,17). The first-order chi connectivity index (χ1) is 8.84. The van der Waals surface area contributed by atoms with Crippen molar-refractivity contribution in [2.24, 2.45) is 5.92 Å². The molecule has 0 aromatic carbocycles. The van der Waals surface area contributed by atoms with Crippen LogP contribution in [0.15, 0.2) is 0 Å². The highest BCUT2D eigenvalue weighted by Gasteiger charge is 2.15. The van der Waals surface area contributed by atoms with Gasteiger partial charge in [-0.2, -0.15) is 0 Å². The number of urea groups is 1. The largest absolute Gasteiger partial charge is 0.379 e. The average molecular weight is 255 g/mol. The third-order valence-electron chi connectivity index (χ3n) is 3.84. The first-order valence-corrected chi connectivity index (χ1v) is 7.16. The third kappa shape index (κ3) is 4.82. The SMILES string of the molecule is O=C(NCCN1CCOCC1)NCC1CCCC1. The Labute approximate surface area is 109 Å². The molecular weight excluding hydrogens is 230 g/mol. The van der Waals surface area contributed by atoms with Crippen LogP contribution >= 0.6 is 0 Å². The summed E-state index contributed by atoms with van der Waals surface area (Å²) in [5.74, 6) is 0.704. The van der Waals surface area contributed by atoms with Crippen molar-refractivity contribution < 1.29 is 9.53 Å². The van der Waals surface area contributed by atoms with Crippen molar-refractivity contribution in [2.75, 3.05) is 45.9 Å². The van der Waals surface area contributed by atoms with E-state index in [1.807, 2.05) is 0 Å². The van der Waals surface area contributed by atoms with Gasteiger partial charge in [0, 0.05) is 32.7 Å². The van der Waals surface area contributed by atoms with Gasteiger partial charge in [-0.25, -0.2) is 4.79 Å². The molecule has 2 rings (SSSR count). The molecule has 1 saturated heterocycles. The number of amides is 2. The molecule has 1 saturated carbocycles. The van der Waals surface area contributed by atoms with Crippen LogP contribution in [0.25, 0.3) is 0 Å². The van der Waals surface area contributed by atoms with E-state index in [-0.39, 0.29) is 6.03 Å². The van der Waals surface area contributed by atoms with E-state index in [0.29, 0.717) is 5.92 Å². The van der Waals surface area contributed by atoms with Crippen LogP contribution in [0.5, 0.6) is 0 Å². The number of hydrogen-bond donors (Lipinski definition) is 2. The number of nitrogens with one attached hydrogen (secondary N) is 2. The fraction of sp³-hybridized carbons (Fsp3) is 0.923. The second-order valence-electron chi connectivity index (χ2n) is 5.24. The Morgan fingerprint density at radius 3 is 2.61 bits per heavy atom. The summed E-state index contributed by atoms with van der Waals surface area (Å²) in [5.41, 5.74) is 0. The number of nitrogens with zero attached hydrogens (tertiary/aromatic N) is 1. The van der Waals surface area contributed by atoms with Crippen LogP contribution < -0.4 is 10.6 Å². The highest BCUT2D eigenvalue weighted by atomic mass is 16.5. The van der Waals surface area contributed by atoms with Crippen molar-refractivity contribution >= 4 is 6.03 Å². The predicted molar refractivity (Wildman–Crippen MR) is 70.6 cm³/mol. The molecule has 2 amide bonds. The molecule has 2 fully saturated rings. The van der Waals surface area contributed by atoms with Gasteiger partial charge in [0.2, 0.25) is 0 Å². The first kappa shape index (κ1) is 13.6. The van der Waals surface area contributed by atoms with E-state index < -0.39 is 0 Å². The van der Waals surface area contributed by atoms with Gasteiger partial charge in [0.1, 0.15) is 0 Å². The number of ether oxygens (including phenoxy) is 1. The second-order valence-corrected chi connectivity index (χ2v) is 5.24. The molecule has 2 N–H and O–H groups in total. The summed E-state index contributed by atoms with van der Waals surface area (Å²) in [7, 11) is 0. The van der Waals surface area contributed by atoms with Gasteiger partial charge >= 0.3 is 6.03 Å². The molecule has 0 unspecified atom stereocenters. The van der Waals surface area contributed by atoms with Gasteiger partial charge in [0.25, 0.3) is 0 Å². The van der Waals surface area contributed by atoms with Crippen LogP contribution in [0.1, 0.15) is 25.7 Å². The molecule has 0 aromatic heterocycles. The smallest absolute Gasteiger partial charge is 0.314 e. The number of carbonyl (C=O) groups is 1. The minimum Gasteiger partial charge on any atom is -0.379 e. The lowest BCUT2D eigenvalue weighted by Gasteiger charge is -2.26. The zero-order chi connectivity index (χ0) is 12.6. The molecule has 18 heavy (non-hydrogen) atoms. The van der Waals surface area contributed by atoms with Crippen molar-refractivity contribution in [1.82, 2.24) is 15.5 Å². The van der Waals surface area contributed by atoms with Gasteiger partial charge in [0.05, 0.1) is 13.2 Å². The second kappa shape index (κ2) is 7.59. The van der Waals surface area contributed by atoms with E-state index in [9.17, 15) is 4.79 Å². The van der Waals surface area contributed by atoms with Crippen molar-refractivity contribution in [3.8, 4) is 0 Å². The maximum atomic E-state index is 11.6. The lowest BCUT2D eigenvalue weighted by Crippen LogP contribution is -2.44. The first-order valence-electron chi connectivity index (χ1n) is 7.16. The van der Waals surface area contributed by atoms with Crippen LogP contribution in [0.4, 0.5) is 4.79 Å². The zero-order valence-electron chi connectivity index (χ0n) is 11.1. The Balaban J connectivity index is 1.48. The molecule has 0 spiro atoms. The Hall–Kier alpha value is -0.810. The molecule has 0 radical (unpaired) electrons. The molecule has 1 heterocycles.